The molecule has 4 aromatic rings. The van der Waals surface area contributed by atoms with Crippen LogP contribution in [0.15, 0.2) is 88.2 Å². The van der Waals surface area contributed by atoms with Crippen molar-refractivity contribution >= 4 is 61.4 Å². The molecule has 10 heteroatoms. The molecule has 0 aliphatic carbocycles. The lowest BCUT2D eigenvalue weighted by Crippen LogP contribution is -2.27. The van der Waals surface area contributed by atoms with Gasteiger partial charge in [-0.1, -0.05) is 58.4 Å². The topological polar surface area (TPSA) is 99.0 Å². The van der Waals surface area contributed by atoms with E-state index in [1.165, 1.54) is 24.1 Å². The quantitative estimate of drug-likeness (QED) is 0.118. The number of non-ortho nitro benzene ring substituents is 1. The normalized spacial score (nSPS) is 14.3. The molecule has 196 valence electrons. The number of hydrogen-bond donors (Lipinski definition) is 0. The third-order valence-electron chi connectivity index (χ3n) is 6.19. The molecule has 0 atom stereocenters. The fourth-order valence-electron chi connectivity index (χ4n) is 4.19. The minimum absolute atomic E-state index is 0.00459. The van der Waals surface area contributed by atoms with Gasteiger partial charge in [0.25, 0.3) is 16.8 Å². The molecule has 0 saturated carbocycles. The first-order valence-corrected chi connectivity index (χ1v) is 13.4. The molecule has 1 aliphatic rings. The summed E-state index contributed by atoms with van der Waals surface area (Å²) >= 11 is 4.42. The number of methoxy groups -OCH3 is 1. The second-order valence-corrected chi connectivity index (χ2v) is 10.5. The van der Waals surface area contributed by atoms with Crippen LogP contribution in [0.2, 0.25) is 0 Å². The standard InChI is InChI=1S/C29H21BrN2O6S/c1-37-25-13-21(24(30)15-26(25)38-17-18-9-11-22(12-10-18)32(35)36)14-27-28(33)31(29(34)39-27)16-20-7-4-6-19-5-2-3-8-23(19)20/h2-15H,16-17H2,1H3/b27-14+. The van der Waals surface area contributed by atoms with Crippen LogP contribution in [-0.4, -0.2) is 28.1 Å². The Balaban J connectivity index is 1.34. The third kappa shape index (κ3) is 5.67. The van der Waals surface area contributed by atoms with Gasteiger partial charge in [-0.3, -0.25) is 24.6 Å². The van der Waals surface area contributed by atoms with Crippen molar-refractivity contribution in [3.63, 3.8) is 0 Å². The van der Waals surface area contributed by atoms with Gasteiger partial charge in [-0.25, -0.2) is 0 Å². The number of ether oxygens (including phenoxy) is 2. The number of nitro benzene ring substituents is 1. The molecule has 0 spiro atoms. The molecule has 4 aromatic carbocycles. The Morgan fingerprint density at radius 1 is 1.00 bits per heavy atom. The highest BCUT2D eigenvalue weighted by atomic mass is 79.9. The Morgan fingerprint density at radius 3 is 2.49 bits per heavy atom. The summed E-state index contributed by atoms with van der Waals surface area (Å²) in [5.74, 6) is 0.521. The largest absolute Gasteiger partial charge is 0.493 e. The number of thioether (sulfide) groups is 1. The average Bonchev–Trinajstić information content (AvgIpc) is 3.20. The highest BCUT2D eigenvalue weighted by molar-refractivity contribution is 9.10. The minimum atomic E-state index is -0.457. The zero-order chi connectivity index (χ0) is 27.5. The van der Waals surface area contributed by atoms with E-state index in [1.54, 1.807) is 30.3 Å². The van der Waals surface area contributed by atoms with Gasteiger partial charge in [0.1, 0.15) is 6.61 Å². The smallest absolute Gasteiger partial charge is 0.293 e. The van der Waals surface area contributed by atoms with E-state index in [0.717, 1.165) is 33.7 Å². The van der Waals surface area contributed by atoms with Crippen molar-refractivity contribution in [1.82, 2.24) is 4.90 Å². The van der Waals surface area contributed by atoms with Crippen LogP contribution in [0.5, 0.6) is 11.5 Å². The molecule has 39 heavy (non-hydrogen) atoms. The van der Waals surface area contributed by atoms with Crippen LogP contribution in [0.4, 0.5) is 10.5 Å². The van der Waals surface area contributed by atoms with E-state index < -0.39 is 4.92 Å². The van der Waals surface area contributed by atoms with Crippen molar-refractivity contribution < 1.29 is 24.0 Å². The molecule has 5 rings (SSSR count). The molecule has 2 amide bonds. The number of halogens is 1. The molecule has 1 heterocycles. The molecule has 0 unspecified atom stereocenters. The maximum absolute atomic E-state index is 13.2. The van der Waals surface area contributed by atoms with Gasteiger partial charge >= 0.3 is 0 Å². The monoisotopic (exact) mass is 604 g/mol. The summed E-state index contributed by atoms with van der Waals surface area (Å²) in [5.41, 5.74) is 2.30. The maximum Gasteiger partial charge on any atom is 0.293 e. The summed E-state index contributed by atoms with van der Waals surface area (Å²) in [6.07, 6.45) is 1.65. The number of nitrogens with zero attached hydrogens (tertiary/aromatic N) is 2. The molecule has 1 aliphatic heterocycles. The summed E-state index contributed by atoms with van der Waals surface area (Å²) in [5, 5.41) is 12.6. The molecule has 0 aromatic heterocycles. The predicted octanol–water partition coefficient (Wildman–Crippen LogP) is 7.33. The summed E-state index contributed by atoms with van der Waals surface area (Å²) < 4.78 is 12.0. The zero-order valence-corrected chi connectivity index (χ0v) is 23.0. The minimum Gasteiger partial charge on any atom is -0.493 e. The van der Waals surface area contributed by atoms with Crippen LogP contribution < -0.4 is 9.47 Å². The zero-order valence-electron chi connectivity index (χ0n) is 20.6. The van der Waals surface area contributed by atoms with Crippen molar-refractivity contribution in [3.05, 3.63) is 115 Å². The average molecular weight is 605 g/mol. The Bertz CT molecular complexity index is 1630. The van der Waals surface area contributed by atoms with E-state index >= 15 is 0 Å². The number of nitro groups is 1. The number of amides is 2. The Morgan fingerprint density at radius 2 is 1.74 bits per heavy atom. The van der Waals surface area contributed by atoms with E-state index in [9.17, 15) is 19.7 Å². The van der Waals surface area contributed by atoms with E-state index in [2.05, 4.69) is 15.9 Å². The van der Waals surface area contributed by atoms with Crippen molar-refractivity contribution in [2.24, 2.45) is 0 Å². The predicted molar refractivity (Wildman–Crippen MR) is 154 cm³/mol. The number of imide groups is 1. The lowest BCUT2D eigenvalue weighted by atomic mass is 10.0. The van der Waals surface area contributed by atoms with Crippen molar-refractivity contribution in [3.8, 4) is 11.5 Å². The van der Waals surface area contributed by atoms with E-state index in [-0.39, 0.29) is 30.0 Å². The Kier molecular flexibility index (Phi) is 7.67. The molecule has 1 saturated heterocycles. The number of hydrogen-bond acceptors (Lipinski definition) is 7. The first kappa shape index (κ1) is 26.5. The van der Waals surface area contributed by atoms with Gasteiger partial charge in [0, 0.05) is 16.6 Å². The van der Waals surface area contributed by atoms with Crippen LogP contribution in [0.3, 0.4) is 0 Å². The number of fused-ring (bicyclic) bond motifs is 1. The van der Waals surface area contributed by atoms with E-state index in [0.29, 0.717) is 26.4 Å². The van der Waals surface area contributed by atoms with Crippen molar-refractivity contribution in [2.45, 2.75) is 13.2 Å². The highest BCUT2D eigenvalue weighted by Gasteiger charge is 2.35. The SMILES string of the molecule is COc1cc(/C=C2/SC(=O)N(Cc3cccc4ccccc34)C2=O)c(Br)cc1OCc1ccc([N+](=O)[O-])cc1. The lowest BCUT2D eigenvalue weighted by Gasteiger charge is -2.14. The van der Waals surface area contributed by atoms with Crippen molar-refractivity contribution in [1.29, 1.82) is 0 Å². The van der Waals surface area contributed by atoms with Gasteiger partial charge in [-0.15, -0.1) is 0 Å². The molecule has 8 nitrogen and oxygen atoms in total. The van der Waals surface area contributed by atoms with Crippen LogP contribution >= 0.6 is 27.7 Å². The van der Waals surface area contributed by atoms with Crippen LogP contribution in [0, 0.1) is 10.1 Å². The number of rotatable bonds is 8. The van der Waals surface area contributed by atoms with Gasteiger partial charge in [-0.05, 0) is 69.6 Å². The summed E-state index contributed by atoms with van der Waals surface area (Å²) in [7, 11) is 1.50. The van der Waals surface area contributed by atoms with Crippen LogP contribution in [-0.2, 0) is 17.9 Å². The fourth-order valence-corrected chi connectivity index (χ4v) is 5.45. The second kappa shape index (κ2) is 11.3. The molecule has 0 radical (unpaired) electrons. The third-order valence-corrected chi connectivity index (χ3v) is 7.79. The van der Waals surface area contributed by atoms with Gasteiger partial charge in [0.2, 0.25) is 0 Å². The Hall–Kier alpha value is -4.15. The van der Waals surface area contributed by atoms with E-state index in [4.69, 9.17) is 9.47 Å². The molecule has 1 fully saturated rings. The first-order valence-electron chi connectivity index (χ1n) is 11.8. The van der Waals surface area contributed by atoms with E-state index in [1.807, 2.05) is 42.5 Å². The fraction of sp³-hybridized carbons (Fsp3) is 0.103. The first-order chi connectivity index (χ1) is 18.8. The molecule has 0 N–H and O–H groups in total. The van der Waals surface area contributed by atoms with Gasteiger partial charge < -0.3 is 9.47 Å². The molecular weight excluding hydrogens is 584 g/mol. The van der Waals surface area contributed by atoms with Gasteiger partial charge in [-0.2, -0.15) is 0 Å². The highest BCUT2D eigenvalue weighted by Crippen LogP contribution is 2.39. The second-order valence-electron chi connectivity index (χ2n) is 8.64. The molecule has 0 bridgehead atoms. The number of carbonyl (C=O) groups is 2. The summed E-state index contributed by atoms with van der Waals surface area (Å²) in [6.45, 7) is 0.358. The maximum atomic E-state index is 13.2. The number of benzene rings is 4. The van der Waals surface area contributed by atoms with Crippen LogP contribution in [0.1, 0.15) is 16.7 Å². The van der Waals surface area contributed by atoms with Gasteiger partial charge in [0.05, 0.1) is 23.5 Å². The van der Waals surface area contributed by atoms with Crippen LogP contribution in [0.25, 0.3) is 16.8 Å². The summed E-state index contributed by atoms with van der Waals surface area (Å²) in [4.78, 5) is 38.0. The van der Waals surface area contributed by atoms with Gasteiger partial charge in [0.15, 0.2) is 11.5 Å². The van der Waals surface area contributed by atoms with Crippen molar-refractivity contribution in [2.75, 3.05) is 7.11 Å². The Labute approximate surface area is 236 Å². The number of carbonyl (C=O) groups excluding carboxylic acids is 2. The molecular formula is C29H21BrN2O6S. The summed E-state index contributed by atoms with van der Waals surface area (Å²) in [6, 6.07) is 23.2. The lowest BCUT2D eigenvalue weighted by molar-refractivity contribution is -0.384.